The van der Waals surface area contributed by atoms with Gasteiger partial charge in [-0.05, 0) is 49.2 Å². The monoisotopic (exact) mass is 425 g/mol. The van der Waals surface area contributed by atoms with Crippen LogP contribution in [0.4, 0.5) is 0 Å². The van der Waals surface area contributed by atoms with Crippen LogP contribution in [0.25, 0.3) is 0 Å². The van der Waals surface area contributed by atoms with Crippen LogP contribution in [0.3, 0.4) is 0 Å². The van der Waals surface area contributed by atoms with Crippen molar-refractivity contribution in [3.63, 3.8) is 0 Å². The standard InChI is InChI=1S/C22H20ClN3O4/c23-15-7-5-14(6-8-15)20(28)25-11-9-16(10-12-25)24-19(27)13-26-21(29)17-3-1-2-4-18(17)22(26)30/h1-8,16H,9-13H2,(H,24,27). The largest absolute Gasteiger partial charge is 0.352 e. The van der Waals surface area contributed by atoms with Crippen LogP contribution in [0.15, 0.2) is 48.5 Å². The molecule has 154 valence electrons. The van der Waals surface area contributed by atoms with Gasteiger partial charge in [0.15, 0.2) is 0 Å². The molecule has 8 heteroatoms. The van der Waals surface area contributed by atoms with Crippen molar-refractivity contribution in [1.29, 1.82) is 0 Å². The second-order valence-corrected chi connectivity index (χ2v) is 7.82. The van der Waals surface area contributed by atoms with Gasteiger partial charge in [-0.2, -0.15) is 0 Å². The van der Waals surface area contributed by atoms with Crippen molar-refractivity contribution in [1.82, 2.24) is 15.1 Å². The second kappa shape index (κ2) is 8.28. The van der Waals surface area contributed by atoms with Crippen LogP contribution < -0.4 is 5.32 Å². The average Bonchev–Trinajstić information content (AvgIpc) is 2.99. The van der Waals surface area contributed by atoms with E-state index in [0.29, 0.717) is 47.6 Å². The Labute approximate surface area is 178 Å². The minimum Gasteiger partial charge on any atom is -0.352 e. The molecule has 0 saturated carbocycles. The molecule has 4 amide bonds. The Morgan fingerprint density at radius 2 is 1.50 bits per heavy atom. The van der Waals surface area contributed by atoms with Crippen LogP contribution in [0.2, 0.25) is 5.02 Å². The van der Waals surface area contributed by atoms with E-state index in [-0.39, 0.29) is 24.4 Å². The van der Waals surface area contributed by atoms with Crippen LogP contribution in [0, 0.1) is 0 Å². The van der Waals surface area contributed by atoms with E-state index in [9.17, 15) is 19.2 Å². The molecule has 7 nitrogen and oxygen atoms in total. The lowest BCUT2D eigenvalue weighted by Gasteiger charge is -2.32. The topological polar surface area (TPSA) is 86.8 Å². The third-order valence-corrected chi connectivity index (χ3v) is 5.67. The predicted molar refractivity (Wildman–Crippen MR) is 110 cm³/mol. The Kier molecular flexibility index (Phi) is 5.55. The van der Waals surface area contributed by atoms with E-state index in [1.807, 2.05) is 0 Å². The molecule has 0 unspecified atom stereocenters. The molecule has 4 rings (SSSR count). The fourth-order valence-corrected chi connectivity index (χ4v) is 3.93. The first-order valence-corrected chi connectivity index (χ1v) is 10.1. The molecule has 2 aliphatic heterocycles. The highest BCUT2D eigenvalue weighted by molar-refractivity contribution is 6.30. The van der Waals surface area contributed by atoms with Crippen LogP contribution in [0.5, 0.6) is 0 Å². The average molecular weight is 426 g/mol. The Bertz CT molecular complexity index is 978. The molecule has 2 aromatic carbocycles. The van der Waals surface area contributed by atoms with Crippen molar-refractivity contribution in [3.8, 4) is 0 Å². The number of nitrogens with one attached hydrogen (secondary N) is 1. The number of hydrogen-bond donors (Lipinski definition) is 1. The number of piperidine rings is 1. The molecule has 1 fully saturated rings. The summed E-state index contributed by atoms with van der Waals surface area (Å²) in [4.78, 5) is 52.5. The molecule has 30 heavy (non-hydrogen) atoms. The van der Waals surface area contributed by atoms with E-state index in [1.54, 1.807) is 53.4 Å². The van der Waals surface area contributed by atoms with Gasteiger partial charge in [-0.15, -0.1) is 0 Å². The number of hydrogen-bond acceptors (Lipinski definition) is 4. The van der Waals surface area contributed by atoms with E-state index < -0.39 is 11.8 Å². The second-order valence-electron chi connectivity index (χ2n) is 7.38. The molecule has 2 aliphatic rings. The van der Waals surface area contributed by atoms with Crippen molar-refractivity contribution in [2.75, 3.05) is 19.6 Å². The van der Waals surface area contributed by atoms with Crippen LogP contribution in [0.1, 0.15) is 43.9 Å². The fourth-order valence-electron chi connectivity index (χ4n) is 3.80. The first-order chi connectivity index (χ1) is 14.4. The van der Waals surface area contributed by atoms with Gasteiger partial charge < -0.3 is 10.2 Å². The normalized spacial score (nSPS) is 16.6. The smallest absolute Gasteiger partial charge is 0.262 e. The number of halogens is 1. The molecule has 1 N–H and O–H groups in total. The highest BCUT2D eigenvalue weighted by Gasteiger charge is 2.36. The van der Waals surface area contributed by atoms with Crippen molar-refractivity contribution >= 4 is 35.2 Å². The summed E-state index contributed by atoms with van der Waals surface area (Å²) in [6.07, 6.45) is 1.21. The maximum absolute atomic E-state index is 12.6. The molecule has 0 spiro atoms. The Hall–Kier alpha value is -3.19. The molecule has 0 aliphatic carbocycles. The first-order valence-electron chi connectivity index (χ1n) is 9.73. The minimum atomic E-state index is -0.450. The van der Waals surface area contributed by atoms with Gasteiger partial charge in [0.1, 0.15) is 6.54 Å². The van der Waals surface area contributed by atoms with E-state index in [0.717, 1.165) is 4.90 Å². The molecule has 0 aromatic heterocycles. The first kappa shape index (κ1) is 20.1. The number of imide groups is 1. The summed E-state index contributed by atoms with van der Waals surface area (Å²) >= 11 is 5.86. The number of rotatable bonds is 4. The third-order valence-electron chi connectivity index (χ3n) is 5.42. The van der Waals surface area contributed by atoms with Crippen molar-refractivity contribution < 1.29 is 19.2 Å². The highest BCUT2D eigenvalue weighted by Crippen LogP contribution is 2.22. The number of benzene rings is 2. The Morgan fingerprint density at radius 1 is 0.933 bits per heavy atom. The van der Waals surface area contributed by atoms with Gasteiger partial charge in [-0.1, -0.05) is 23.7 Å². The lowest BCUT2D eigenvalue weighted by molar-refractivity contribution is -0.122. The van der Waals surface area contributed by atoms with E-state index in [4.69, 9.17) is 11.6 Å². The Balaban J connectivity index is 1.29. The number of likely N-dealkylation sites (tertiary alicyclic amines) is 1. The zero-order valence-corrected chi connectivity index (χ0v) is 16.9. The van der Waals surface area contributed by atoms with Gasteiger partial charge >= 0.3 is 0 Å². The van der Waals surface area contributed by atoms with Gasteiger partial charge in [0, 0.05) is 29.7 Å². The highest BCUT2D eigenvalue weighted by atomic mass is 35.5. The number of amides is 4. The summed E-state index contributed by atoms with van der Waals surface area (Å²) in [5, 5.41) is 3.45. The van der Waals surface area contributed by atoms with Gasteiger partial charge in [0.05, 0.1) is 11.1 Å². The van der Waals surface area contributed by atoms with Crippen LogP contribution in [-0.2, 0) is 4.79 Å². The number of nitrogens with zero attached hydrogens (tertiary/aromatic N) is 2. The maximum Gasteiger partial charge on any atom is 0.262 e. The summed E-state index contributed by atoms with van der Waals surface area (Å²) in [7, 11) is 0. The lowest BCUT2D eigenvalue weighted by atomic mass is 10.0. The fraction of sp³-hybridized carbons (Fsp3) is 0.273. The zero-order valence-electron chi connectivity index (χ0n) is 16.1. The number of carbonyl (C=O) groups excluding carboxylic acids is 4. The van der Waals surface area contributed by atoms with Crippen molar-refractivity contribution in [2.45, 2.75) is 18.9 Å². The summed E-state index contributed by atoms with van der Waals surface area (Å²) in [5.74, 6) is -1.35. The third kappa shape index (κ3) is 3.93. The quantitative estimate of drug-likeness (QED) is 0.762. The zero-order chi connectivity index (χ0) is 21.3. The van der Waals surface area contributed by atoms with E-state index >= 15 is 0 Å². The van der Waals surface area contributed by atoms with E-state index in [1.165, 1.54) is 0 Å². The van der Waals surface area contributed by atoms with Gasteiger partial charge in [0.2, 0.25) is 5.91 Å². The SMILES string of the molecule is O=C(CN1C(=O)c2ccccc2C1=O)NC1CCN(C(=O)c2ccc(Cl)cc2)CC1. The summed E-state index contributed by atoms with van der Waals surface area (Å²) in [6, 6.07) is 13.2. The number of carbonyl (C=O) groups is 4. The Morgan fingerprint density at radius 3 is 2.07 bits per heavy atom. The molecule has 0 radical (unpaired) electrons. The van der Waals surface area contributed by atoms with Crippen LogP contribution in [-0.4, -0.2) is 59.1 Å². The summed E-state index contributed by atoms with van der Waals surface area (Å²) in [5.41, 5.74) is 1.22. The van der Waals surface area contributed by atoms with Gasteiger partial charge in [-0.3, -0.25) is 24.1 Å². The molecule has 2 aromatic rings. The molecule has 2 heterocycles. The lowest BCUT2D eigenvalue weighted by Crippen LogP contribution is -2.49. The van der Waals surface area contributed by atoms with E-state index in [2.05, 4.69) is 5.32 Å². The predicted octanol–water partition coefficient (Wildman–Crippen LogP) is 2.36. The molecule has 1 saturated heterocycles. The maximum atomic E-state index is 12.6. The molecular formula is C22H20ClN3O4. The number of fused-ring (bicyclic) bond motifs is 1. The van der Waals surface area contributed by atoms with Crippen LogP contribution >= 0.6 is 11.6 Å². The molecule has 0 atom stereocenters. The minimum absolute atomic E-state index is 0.0672. The van der Waals surface area contributed by atoms with Crippen molar-refractivity contribution in [3.05, 3.63) is 70.2 Å². The van der Waals surface area contributed by atoms with Crippen molar-refractivity contribution in [2.24, 2.45) is 0 Å². The summed E-state index contributed by atoms with van der Waals surface area (Å²) in [6.45, 7) is 0.717. The summed E-state index contributed by atoms with van der Waals surface area (Å²) < 4.78 is 0. The van der Waals surface area contributed by atoms with Gasteiger partial charge in [-0.25, -0.2) is 0 Å². The molecule has 0 bridgehead atoms. The van der Waals surface area contributed by atoms with Gasteiger partial charge in [0.25, 0.3) is 17.7 Å². The molecular weight excluding hydrogens is 406 g/mol.